The molecule has 40 heavy (non-hydrogen) atoms. The van der Waals surface area contributed by atoms with E-state index >= 15 is 0 Å². The molecular weight excluding hydrogens is 532 g/mol. The first kappa shape index (κ1) is 27.5. The van der Waals surface area contributed by atoms with E-state index in [2.05, 4.69) is 16.4 Å². The van der Waals surface area contributed by atoms with Crippen LogP contribution in [0.3, 0.4) is 0 Å². The third-order valence-electron chi connectivity index (χ3n) is 7.34. The van der Waals surface area contributed by atoms with E-state index in [1.165, 1.54) is 7.11 Å². The van der Waals surface area contributed by atoms with Crippen LogP contribution in [0, 0.1) is 0 Å². The molecule has 1 atom stereocenters. The van der Waals surface area contributed by atoms with Crippen LogP contribution in [-0.4, -0.2) is 59.1 Å². The molecule has 5 rings (SSSR count). The molecule has 0 N–H and O–H groups in total. The van der Waals surface area contributed by atoms with E-state index in [-0.39, 0.29) is 24.2 Å². The number of nitrogens with zero attached hydrogens (tertiary/aromatic N) is 4. The Morgan fingerprint density at radius 3 is 2.62 bits per heavy atom. The average molecular weight is 563 g/mol. The van der Waals surface area contributed by atoms with Gasteiger partial charge in [-0.15, -0.1) is 5.10 Å². The number of carbonyl (C=O) groups excluding carboxylic acids is 2. The Labute approximate surface area is 237 Å². The second-order valence-corrected chi connectivity index (χ2v) is 10.1. The molecule has 9 nitrogen and oxygen atoms in total. The summed E-state index contributed by atoms with van der Waals surface area (Å²) in [7, 11) is 4.95. The Morgan fingerprint density at radius 1 is 1.07 bits per heavy atom. The summed E-state index contributed by atoms with van der Waals surface area (Å²) in [5.74, 6) is 0.372. The number of amides is 1. The average Bonchev–Trinajstić information content (AvgIpc) is 3.35. The van der Waals surface area contributed by atoms with E-state index < -0.39 is 0 Å². The maximum Gasteiger partial charge on any atom is 0.306 e. The molecule has 0 bridgehead atoms. The Bertz CT molecular complexity index is 1580. The highest BCUT2D eigenvalue weighted by atomic mass is 35.5. The van der Waals surface area contributed by atoms with Gasteiger partial charge in [0, 0.05) is 31.1 Å². The van der Waals surface area contributed by atoms with Gasteiger partial charge in [0.05, 0.1) is 32.8 Å². The van der Waals surface area contributed by atoms with Crippen molar-refractivity contribution in [1.82, 2.24) is 19.9 Å². The third kappa shape index (κ3) is 5.21. The first-order valence-electron chi connectivity index (χ1n) is 13.1. The molecule has 4 aromatic rings. The fourth-order valence-electron chi connectivity index (χ4n) is 5.48. The number of methoxy groups -OCH3 is 2. The zero-order chi connectivity index (χ0) is 28.4. The van der Waals surface area contributed by atoms with E-state index in [0.29, 0.717) is 53.7 Å². The lowest BCUT2D eigenvalue weighted by molar-refractivity contribution is -0.143. The topological polar surface area (TPSA) is 95.8 Å². The molecule has 0 spiro atoms. The minimum atomic E-state index is -0.298. The van der Waals surface area contributed by atoms with Crippen LogP contribution in [0.15, 0.2) is 48.5 Å². The number of ether oxygens (including phenoxy) is 3. The molecule has 3 aromatic carbocycles. The predicted molar refractivity (Wildman–Crippen MR) is 151 cm³/mol. The number of benzene rings is 3. The lowest BCUT2D eigenvalue weighted by Crippen LogP contribution is -2.36. The first-order chi connectivity index (χ1) is 19.3. The van der Waals surface area contributed by atoms with Gasteiger partial charge in [-0.3, -0.25) is 9.59 Å². The number of halogens is 1. The number of carbonyl (C=O) groups is 2. The summed E-state index contributed by atoms with van der Waals surface area (Å²) in [5.41, 5.74) is 6.00. The standard InChI is InChI=1S/C30H31ClN4O5/c1-5-40-28(36)16-24(19-13-25-29(27(14-19)39-4)34(2)33-32-25)22-8-6-7-18-17-35(12-11-21(18)22)30(37)23-10-9-20(31)15-26(23)38-3/h6-10,13-15,24H,5,11-12,16-17H2,1-4H3/t24-/m1/s1. The smallest absolute Gasteiger partial charge is 0.306 e. The quantitative estimate of drug-likeness (QED) is 0.281. The highest BCUT2D eigenvalue weighted by Crippen LogP contribution is 2.38. The Kier molecular flexibility index (Phi) is 7.93. The summed E-state index contributed by atoms with van der Waals surface area (Å²) in [6.45, 7) is 3.06. The zero-order valence-electron chi connectivity index (χ0n) is 22.9. The molecule has 0 aliphatic carbocycles. The van der Waals surface area contributed by atoms with Crippen LogP contribution in [0.1, 0.15) is 51.9 Å². The summed E-state index contributed by atoms with van der Waals surface area (Å²) < 4.78 is 18.1. The molecule has 0 saturated heterocycles. The van der Waals surface area contributed by atoms with Gasteiger partial charge in [0.15, 0.2) is 0 Å². The molecule has 0 radical (unpaired) electrons. The first-order valence-corrected chi connectivity index (χ1v) is 13.5. The van der Waals surface area contributed by atoms with E-state index in [1.807, 2.05) is 36.2 Å². The fraction of sp³-hybridized carbons (Fsp3) is 0.333. The monoisotopic (exact) mass is 562 g/mol. The van der Waals surface area contributed by atoms with E-state index in [0.717, 1.165) is 27.8 Å². The van der Waals surface area contributed by atoms with Crippen molar-refractivity contribution in [1.29, 1.82) is 0 Å². The van der Waals surface area contributed by atoms with Crippen LogP contribution in [0.25, 0.3) is 11.0 Å². The van der Waals surface area contributed by atoms with Crippen molar-refractivity contribution in [2.75, 3.05) is 27.4 Å². The number of aromatic nitrogens is 3. The molecular formula is C30H31ClN4O5. The highest BCUT2D eigenvalue weighted by molar-refractivity contribution is 6.30. The number of hydrogen-bond acceptors (Lipinski definition) is 7. The van der Waals surface area contributed by atoms with Gasteiger partial charge in [0.2, 0.25) is 0 Å². The molecule has 0 saturated carbocycles. The third-order valence-corrected chi connectivity index (χ3v) is 7.58. The van der Waals surface area contributed by atoms with Crippen molar-refractivity contribution >= 4 is 34.5 Å². The lowest BCUT2D eigenvalue weighted by Gasteiger charge is -2.32. The van der Waals surface area contributed by atoms with Crippen LogP contribution in [0.5, 0.6) is 11.5 Å². The van der Waals surface area contributed by atoms with E-state index in [1.54, 1.807) is 36.9 Å². The van der Waals surface area contributed by atoms with Crippen LogP contribution < -0.4 is 9.47 Å². The van der Waals surface area contributed by atoms with Crippen molar-refractivity contribution in [3.05, 3.63) is 81.4 Å². The summed E-state index contributed by atoms with van der Waals surface area (Å²) >= 11 is 6.10. The van der Waals surface area contributed by atoms with Gasteiger partial charge < -0.3 is 19.1 Å². The largest absolute Gasteiger partial charge is 0.496 e. The molecule has 10 heteroatoms. The van der Waals surface area contributed by atoms with Gasteiger partial charge in [0.25, 0.3) is 5.91 Å². The maximum atomic E-state index is 13.5. The normalized spacial score (nSPS) is 13.6. The lowest BCUT2D eigenvalue weighted by atomic mass is 9.82. The van der Waals surface area contributed by atoms with Crippen LogP contribution in [0.4, 0.5) is 0 Å². The van der Waals surface area contributed by atoms with Crippen LogP contribution >= 0.6 is 11.6 Å². The fourth-order valence-corrected chi connectivity index (χ4v) is 5.64. The number of hydrogen-bond donors (Lipinski definition) is 0. The van der Waals surface area contributed by atoms with Gasteiger partial charge >= 0.3 is 5.97 Å². The molecule has 0 fully saturated rings. The summed E-state index contributed by atoms with van der Waals surface area (Å²) in [6, 6.07) is 15.0. The highest BCUT2D eigenvalue weighted by Gasteiger charge is 2.29. The van der Waals surface area contributed by atoms with Crippen molar-refractivity contribution in [2.24, 2.45) is 7.05 Å². The second-order valence-electron chi connectivity index (χ2n) is 9.67. The summed E-state index contributed by atoms with van der Waals surface area (Å²) in [5, 5.41) is 8.95. The van der Waals surface area contributed by atoms with Crippen LogP contribution in [0.2, 0.25) is 5.02 Å². The van der Waals surface area contributed by atoms with Gasteiger partial charge in [0.1, 0.15) is 22.5 Å². The van der Waals surface area contributed by atoms with Crippen molar-refractivity contribution in [3.63, 3.8) is 0 Å². The number of rotatable bonds is 8. The molecule has 1 aliphatic heterocycles. The summed E-state index contributed by atoms with van der Waals surface area (Å²) in [6.07, 6.45) is 0.792. The maximum absolute atomic E-state index is 13.5. The van der Waals surface area contributed by atoms with Crippen LogP contribution in [-0.2, 0) is 29.5 Å². The van der Waals surface area contributed by atoms with Gasteiger partial charge in [-0.25, -0.2) is 4.68 Å². The second kappa shape index (κ2) is 11.6. The Balaban J connectivity index is 1.53. The molecule has 0 unspecified atom stereocenters. The number of fused-ring (bicyclic) bond motifs is 2. The van der Waals surface area contributed by atoms with Crippen molar-refractivity contribution in [3.8, 4) is 11.5 Å². The SMILES string of the molecule is CCOC(=O)C[C@H](c1cc(OC)c2c(c1)nnn2C)c1cccc2c1CCN(C(=O)c1ccc(Cl)cc1OC)C2. The van der Waals surface area contributed by atoms with E-state index in [9.17, 15) is 9.59 Å². The predicted octanol–water partition coefficient (Wildman–Crippen LogP) is 4.92. The van der Waals surface area contributed by atoms with Crippen molar-refractivity contribution < 1.29 is 23.8 Å². The van der Waals surface area contributed by atoms with E-state index in [4.69, 9.17) is 25.8 Å². The summed E-state index contributed by atoms with van der Waals surface area (Å²) in [4.78, 5) is 28.1. The number of esters is 1. The van der Waals surface area contributed by atoms with Gasteiger partial charge in [-0.05, 0) is 65.9 Å². The molecule has 1 aliphatic rings. The van der Waals surface area contributed by atoms with Gasteiger partial charge in [-0.2, -0.15) is 0 Å². The minimum absolute atomic E-state index is 0.120. The van der Waals surface area contributed by atoms with Crippen molar-refractivity contribution in [2.45, 2.75) is 32.2 Å². The molecule has 208 valence electrons. The number of aryl methyl sites for hydroxylation is 1. The Hall–Kier alpha value is -4.11. The van der Waals surface area contributed by atoms with Gasteiger partial charge in [-0.1, -0.05) is 35.0 Å². The Morgan fingerprint density at radius 2 is 1.88 bits per heavy atom. The minimum Gasteiger partial charge on any atom is -0.496 e. The molecule has 1 amide bonds. The zero-order valence-corrected chi connectivity index (χ0v) is 23.7. The molecule has 2 heterocycles. The molecule has 1 aromatic heterocycles.